The fourth-order valence-corrected chi connectivity index (χ4v) is 4.85. The van der Waals surface area contributed by atoms with Gasteiger partial charge in [0.05, 0.1) is 18.6 Å². The number of nitrogens with zero attached hydrogens (tertiary/aromatic N) is 3. The summed E-state index contributed by atoms with van der Waals surface area (Å²) in [5.74, 6) is 0.976. The molecular formula is C31H28FN7O2. The number of hydrogen-bond acceptors (Lipinski definition) is 5. The van der Waals surface area contributed by atoms with Crippen molar-refractivity contribution < 1.29 is 13.9 Å². The van der Waals surface area contributed by atoms with Gasteiger partial charge in [-0.05, 0) is 53.6 Å². The molecule has 1 aliphatic heterocycles. The van der Waals surface area contributed by atoms with E-state index in [0.29, 0.717) is 36.0 Å². The Kier molecular flexibility index (Phi) is 7.29. The van der Waals surface area contributed by atoms with Crippen molar-refractivity contribution >= 4 is 46.0 Å². The van der Waals surface area contributed by atoms with E-state index in [0.717, 1.165) is 46.8 Å². The highest BCUT2D eigenvalue weighted by Gasteiger charge is 2.18. The number of aromatic nitrogens is 4. The number of rotatable bonds is 6. The van der Waals surface area contributed by atoms with Crippen LogP contribution in [-0.4, -0.2) is 52.3 Å². The number of benzene rings is 1. The maximum atomic E-state index is 14.1. The van der Waals surface area contributed by atoms with Crippen molar-refractivity contribution in [3.05, 3.63) is 103 Å². The quantitative estimate of drug-likeness (QED) is 0.221. The number of anilines is 3. The molecule has 0 radical (unpaired) electrons. The topological polar surface area (TPSA) is 111 Å². The summed E-state index contributed by atoms with van der Waals surface area (Å²) in [6.07, 6.45) is 13.0. The lowest BCUT2D eigenvalue weighted by Gasteiger charge is -2.27. The number of hydrogen-bond donors (Lipinski definition) is 4. The second-order valence-corrected chi connectivity index (χ2v) is 9.51. The molecule has 4 N–H and O–H groups in total. The predicted octanol–water partition coefficient (Wildman–Crippen LogP) is 6.44. The van der Waals surface area contributed by atoms with Crippen LogP contribution in [0.3, 0.4) is 0 Å². The number of nitrogens with one attached hydrogen (secondary N) is 4. The molecule has 1 saturated heterocycles. The molecule has 0 atom stereocenters. The second kappa shape index (κ2) is 11.5. The summed E-state index contributed by atoms with van der Waals surface area (Å²) in [6.45, 7) is 6.76. The molecule has 6 rings (SSSR count). The normalized spacial score (nSPS) is 17.2. The van der Waals surface area contributed by atoms with E-state index in [1.807, 2.05) is 36.4 Å². The Balaban J connectivity index is 1.15. The SMILES string of the molecule is C=Cc1[nH]c(NC(=O)Nc2ccc(-c3cc4c(N5CCOCC5)ncnc4[nH]3)cc2)cc1C1=C/C(F)=C\C=C/C=C1. The zero-order valence-corrected chi connectivity index (χ0v) is 22.2. The first-order valence-corrected chi connectivity index (χ1v) is 13.2. The van der Waals surface area contributed by atoms with Gasteiger partial charge < -0.3 is 24.9 Å². The highest BCUT2D eigenvalue weighted by molar-refractivity contribution is 6.00. The minimum Gasteiger partial charge on any atom is -0.378 e. The van der Waals surface area contributed by atoms with Gasteiger partial charge in [0.2, 0.25) is 0 Å². The monoisotopic (exact) mass is 549 g/mol. The third-order valence-corrected chi connectivity index (χ3v) is 6.83. The number of carbonyl (C=O) groups is 1. The highest BCUT2D eigenvalue weighted by Crippen LogP contribution is 2.30. The Bertz CT molecular complexity index is 1720. The van der Waals surface area contributed by atoms with Gasteiger partial charge in [0, 0.05) is 35.7 Å². The van der Waals surface area contributed by atoms with Crippen LogP contribution in [0.15, 0.2) is 91.6 Å². The van der Waals surface area contributed by atoms with Gasteiger partial charge in [-0.2, -0.15) is 0 Å². The molecule has 0 spiro atoms. The second-order valence-electron chi connectivity index (χ2n) is 9.51. The van der Waals surface area contributed by atoms with Crippen LogP contribution in [-0.2, 0) is 4.74 Å². The van der Waals surface area contributed by atoms with Gasteiger partial charge >= 0.3 is 6.03 Å². The zero-order valence-electron chi connectivity index (χ0n) is 22.2. The van der Waals surface area contributed by atoms with E-state index in [4.69, 9.17) is 4.74 Å². The fraction of sp³-hybridized carbons (Fsp3) is 0.129. The van der Waals surface area contributed by atoms with Gasteiger partial charge in [-0.25, -0.2) is 19.2 Å². The molecule has 2 amide bonds. The first kappa shape index (κ1) is 26.0. The van der Waals surface area contributed by atoms with Crippen LogP contribution in [0.1, 0.15) is 11.3 Å². The summed E-state index contributed by atoms with van der Waals surface area (Å²) in [7, 11) is 0. The average molecular weight is 550 g/mol. The number of fused-ring (bicyclic) bond motifs is 1. The van der Waals surface area contributed by atoms with Gasteiger partial charge in [0.15, 0.2) is 0 Å². The Labute approximate surface area is 235 Å². The molecule has 1 fully saturated rings. The molecule has 3 aromatic heterocycles. The van der Waals surface area contributed by atoms with E-state index in [-0.39, 0.29) is 5.83 Å². The summed E-state index contributed by atoms with van der Waals surface area (Å²) in [6, 6.07) is 10.9. The van der Waals surface area contributed by atoms with Gasteiger partial charge in [0.1, 0.15) is 29.4 Å². The highest BCUT2D eigenvalue weighted by atomic mass is 19.1. The number of amides is 2. The van der Waals surface area contributed by atoms with Crippen molar-refractivity contribution in [2.45, 2.75) is 0 Å². The number of morpholine rings is 1. The lowest BCUT2D eigenvalue weighted by Crippen LogP contribution is -2.36. The number of urea groups is 1. The predicted molar refractivity (Wildman–Crippen MR) is 161 cm³/mol. The molecule has 9 nitrogen and oxygen atoms in total. The lowest BCUT2D eigenvalue weighted by atomic mass is 10.0. The van der Waals surface area contributed by atoms with E-state index >= 15 is 0 Å². The van der Waals surface area contributed by atoms with Crippen molar-refractivity contribution in [1.29, 1.82) is 0 Å². The van der Waals surface area contributed by atoms with Crippen LogP contribution in [0.4, 0.5) is 26.5 Å². The van der Waals surface area contributed by atoms with E-state index in [9.17, 15) is 9.18 Å². The molecule has 41 heavy (non-hydrogen) atoms. The third kappa shape index (κ3) is 5.73. The number of allylic oxidation sites excluding steroid dienone is 8. The van der Waals surface area contributed by atoms with Crippen LogP contribution < -0.4 is 15.5 Å². The third-order valence-electron chi connectivity index (χ3n) is 6.83. The Hall–Kier alpha value is -5.22. The molecule has 1 aliphatic carbocycles. The van der Waals surface area contributed by atoms with Gasteiger partial charge in [-0.1, -0.05) is 43.0 Å². The maximum Gasteiger partial charge on any atom is 0.324 e. The zero-order chi connectivity index (χ0) is 28.2. The maximum absolute atomic E-state index is 14.1. The van der Waals surface area contributed by atoms with Crippen LogP contribution >= 0.6 is 0 Å². The summed E-state index contributed by atoms with van der Waals surface area (Å²) < 4.78 is 19.6. The minimum atomic E-state index is -0.423. The fourth-order valence-electron chi connectivity index (χ4n) is 4.85. The molecule has 0 saturated carbocycles. The first-order chi connectivity index (χ1) is 20.1. The number of halogens is 1. The van der Waals surface area contributed by atoms with Crippen LogP contribution in [0.5, 0.6) is 0 Å². The van der Waals surface area contributed by atoms with Crippen molar-refractivity contribution in [1.82, 2.24) is 19.9 Å². The van der Waals surface area contributed by atoms with E-state index in [1.54, 1.807) is 36.7 Å². The van der Waals surface area contributed by atoms with Crippen LogP contribution in [0, 0.1) is 0 Å². The molecule has 4 heterocycles. The number of carbonyl (C=O) groups excluding carboxylic acids is 1. The summed E-state index contributed by atoms with van der Waals surface area (Å²) in [4.78, 5) is 30.4. The molecule has 2 aliphatic rings. The van der Waals surface area contributed by atoms with Crippen molar-refractivity contribution in [3.63, 3.8) is 0 Å². The standard InChI is InChI=1S/C31H28FN7O2/c1-2-26-24(21-6-4-3-5-7-22(32)16-21)18-28(36-26)38-31(40)35-23-10-8-20(9-11-23)27-17-25-29(37-27)33-19-34-30(25)39-12-14-41-15-13-39/h2-11,16-19,36H,1,12-15H2,(H,33,34,37)(H2,35,38,40)/b4-3?,5-3-,6-4?,7-5?,21-6?,21-16?,22-7+,22-16?. The Morgan fingerprint density at radius 3 is 2.68 bits per heavy atom. The molecule has 1 aromatic carbocycles. The number of ether oxygens (including phenoxy) is 1. The van der Waals surface area contributed by atoms with Crippen LogP contribution in [0.25, 0.3) is 33.9 Å². The molecule has 0 bridgehead atoms. The average Bonchev–Trinajstić information content (AvgIpc) is 3.60. The molecular weight excluding hydrogens is 521 g/mol. The molecule has 0 unspecified atom stereocenters. The summed E-state index contributed by atoms with van der Waals surface area (Å²) in [5, 5.41) is 6.60. The summed E-state index contributed by atoms with van der Waals surface area (Å²) >= 11 is 0. The number of aromatic amines is 2. The smallest absolute Gasteiger partial charge is 0.324 e. The van der Waals surface area contributed by atoms with Crippen molar-refractivity contribution in [3.8, 4) is 11.3 Å². The number of H-pyrrole nitrogens is 2. The van der Waals surface area contributed by atoms with E-state index < -0.39 is 6.03 Å². The Morgan fingerprint density at radius 2 is 1.88 bits per heavy atom. The lowest BCUT2D eigenvalue weighted by molar-refractivity contribution is 0.122. The van der Waals surface area contributed by atoms with E-state index in [2.05, 4.69) is 42.0 Å². The largest absolute Gasteiger partial charge is 0.378 e. The van der Waals surface area contributed by atoms with Gasteiger partial charge in [0.25, 0.3) is 0 Å². The van der Waals surface area contributed by atoms with Crippen molar-refractivity contribution in [2.24, 2.45) is 0 Å². The van der Waals surface area contributed by atoms with Gasteiger partial charge in [-0.15, -0.1) is 0 Å². The first-order valence-electron chi connectivity index (χ1n) is 13.2. The van der Waals surface area contributed by atoms with E-state index in [1.165, 1.54) is 12.2 Å². The van der Waals surface area contributed by atoms with Crippen molar-refractivity contribution in [2.75, 3.05) is 41.8 Å². The van der Waals surface area contributed by atoms with Gasteiger partial charge in [-0.3, -0.25) is 5.32 Å². The van der Waals surface area contributed by atoms with Crippen LogP contribution in [0.2, 0.25) is 0 Å². The Morgan fingerprint density at radius 1 is 1.05 bits per heavy atom. The molecule has 206 valence electrons. The molecule has 10 heteroatoms. The molecule has 4 aromatic rings. The minimum absolute atomic E-state index is 0.370. The summed E-state index contributed by atoms with van der Waals surface area (Å²) in [5.41, 5.74) is 5.27.